The number of nitrogens with one attached hydrogen (secondary N) is 2. The lowest BCUT2D eigenvalue weighted by Gasteiger charge is -2.08. The van der Waals surface area contributed by atoms with Gasteiger partial charge >= 0.3 is 0 Å². The normalized spacial score (nSPS) is 11.1. The molecule has 0 fully saturated rings. The number of H-pyrrole nitrogens is 1. The van der Waals surface area contributed by atoms with Crippen molar-refractivity contribution < 1.29 is 9.59 Å². The first-order valence-electron chi connectivity index (χ1n) is 10.9. The van der Waals surface area contributed by atoms with Crippen LogP contribution in [0.3, 0.4) is 0 Å². The van der Waals surface area contributed by atoms with E-state index in [4.69, 9.17) is 11.6 Å². The SMILES string of the molecule is O=C(Nc1cccc(C(=O)c2ccc3c(C=Cc4ccccc4)n[nH]c3c2)c1)c1ccnc(Cl)c1. The summed E-state index contributed by atoms with van der Waals surface area (Å²) in [5, 5.41) is 11.3. The maximum atomic E-state index is 13.2. The van der Waals surface area contributed by atoms with Crippen molar-refractivity contribution in [2.24, 2.45) is 0 Å². The number of benzene rings is 3. The minimum absolute atomic E-state index is 0.161. The molecule has 6 nitrogen and oxygen atoms in total. The van der Waals surface area contributed by atoms with Crippen LogP contribution >= 0.6 is 11.6 Å². The Kier molecular flexibility index (Phi) is 6.20. The standard InChI is InChI=1S/C28H19ClN4O2/c29-26-17-21(13-14-30-26)28(35)31-22-8-4-7-19(15-22)27(34)20-10-11-23-24(32-33-25(23)16-20)12-9-18-5-2-1-3-6-18/h1-17H,(H,31,35)(H,32,33). The summed E-state index contributed by atoms with van der Waals surface area (Å²) in [7, 11) is 0. The maximum absolute atomic E-state index is 13.2. The van der Waals surface area contributed by atoms with Gasteiger partial charge in [-0.2, -0.15) is 5.10 Å². The summed E-state index contributed by atoms with van der Waals surface area (Å²) in [5.74, 6) is -0.500. The Morgan fingerprint density at radius 3 is 2.49 bits per heavy atom. The molecule has 5 aromatic rings. The number of halogens is 1. The van der Waals surface area contributed by atoms with Crippen LogP contribution in [0.25, 0.3) is 23.1 Å². The Morgan fingerprint density at radius 1 is 0.829 bits per heavy atom. The molecule has 2 heterocycles. The van der Waals surface area contributed by atoms with E-state index in [2.05, 4.69) is 20.5 Å². The van der Waals surface area contributed by atoms with Gasteiger partial charge in [-0.3, -0.25) is 14.7 Å². The number of amides is 1. The Bertz CT molecular complexity index is 1570. The number of aromatic nitrogens is 3. The molecule has 5 rings (SSSR count). The van der Waals surface area contributed by atoms with Crippen LogP contribution in [0.2, 0.25) is 5.15 Å². The van der Waals surface area contributed by atoms with E-state index < -0.39 is 0 Å². The fourth-order valence-electron chi connectivity index (χ4n) is 3.70. The second-order valence-corrected chi connectivity index (χ2v) is 8.23. The first kappa shape index (κ1) is 22.3. The largest absolute Gasteiger partial charge is 0.322 e. The van der Waals surface area contributed by atoms with Crippen LogP contribution in [-0.4, -0.2) is 26.9 Å². The molecule has 0 radical (unpaired) electrons. The zero-order valence-corrected chi connectivity index (χ0v) is 19.2. The van der Waals surface area contributed by atoms with Crippen molar-refractivity contribution >= 4 is 52.0 Å². The molecule has 0 aliphatic heterocycles. The maximum Gasteiger partial charge on any atom is 0.255 e. The predicted octanol–water partition coefficient (Wildman–Crippen LogP) is 6.27. The molecule has 0 spiro atoms. The van der Waals surface area contributed by atoms with E-state index in [1.807, 2.05) is 48.6 Å². The summed E-state index contributed by atoms with van der Waals surface area (Å²) in [5.41, 5.74) is 4.50. The third-order valence-electron chi connectivity index (χ3n) is 5.46. The molecule has 2 N–H and O–H groups in total. The summed E-state index contributed by atoms with van der Waals surface area (Å²) < 4.78 is 0. The molecular formula is C28H19ClN4O2. The number of ketones is 1. The number of rotatable bonds is 6. The van der Waals surface area contributed by atoms with E-state index in [9.17, 15) is 9.59 Å². The lowest BCUT2D eigenvalue weighted by atomic mass is 10.0. The molecule has 0 atom stereocenters. The van der Waals surface area contributed by atoms with Gasteiger partial charge in [-0.1, -0.05) is 66.2 Å². The third-order valence-corrected chi connectivity index (χ3v) is 5.67. The van der Waals surface area contributed by atoms with Gasteiger partial charge in [0.05, 0.1) is 11.2 Å². The number of hydrogen-bond acceptors (Lipinski definition) is 4. The summed E-state index contributed by atoms with van der Waals surface area (Å²) in [6, 6.07) is 25.3. The zero-order valence-electron chi connectivity index (χ0n) is 18.4. The lowest BCUT2D eigenvalue weighted by Crippen LogP contribution is -2.12. The van der Waals surface area contributed by atoms with E-state index in [0.29, 0.717) is 22.4 Å². The van der Waals surface area contributed by atoms with Crippen LogP contribution in [0, 0.1) is 0 Å². The molecule has 0 saturated heterocycles. The molecule has 35 heavy (non-hydrogen) atoms. The third kappa shape index (κ3) is 5.03. The summed E-state index contributed by atoms with van der Waals surface area (Å²) >= 11 is 5.87. The fraction of sp³-hybridized carbons (Fsp3) is 0. The van der Waals surface area contributed by atoms with Crippen molar-refractivity contribution in [1.82, 2.24) is 15.2 Å². The predicted molar refractivity (Wildman–Crippen MR) is 139 cm³/mol. The lowest BCUT2D eigenvalue weighted by molar-refractivity contribution is 0.102. The molecule has 0 aliphatic carbocycles. The number of fused-ring (bicyclic) bond motifs is 1. The van der Waals surface area contributed by atoms with Gasteiger partial charge in [0.15, 0.2) is 5.78 Å². The van der Waals surface area contributed by atoms with E-state index in [-0.39, 0.29) is 16.8 Å². The van der Waals surface area contributed by atoms with Gasteiger partial charge in [-0.15, -0.1) is 0 Å². The second kappa shape index (κ2) is 9.75. The molecule has 0 bridgehead atoms. The summed E-state index contributed by atoms with van der Waals surface area (Å²) in [6.45, 7) is 0. The minimum Gasteiger partial charge on any atom is -0.322 e. The molecule has 1 amide bonds. The van der Waals surface area contributed by atoms with Crippen LogP contribution in [0.1, 0.15) is 37.5 Å². The Labute approximate surface area is 206 Å². The van der Waals surface area contributed by atoms with Gasteiger partial charge in [0.2, 0.25) is 0 Å². The number of pyridine rings is 1. The van der Waals surface area contributed by atoms with Gasteiger partial charge in [0.25, 0.3) is 5.91 Å². The number of anilines is 1. The number of carbonyl (C=O) groups is 2. The molecule has 3 aromatic carbocycles. The molecule has 0 saturated carbocycles. The highest BCUT2D eigenvalue weighted by Crippen LogP contribution is 2.22. The van der Waals surface area contributed by atoms with Gasteiger partial charge in [0.1, 0.15) is 5.15 Å². The van der Waals surface area contributed by atoms with Crippen molar-refractivity contribution in [1.29, 1.82) is 0 Å². The minimum atomic E-state index is -0.339. The molecule has 0 aliphatic rings. The topological polar surface area (TPSA) is 87.7 Å². The van der Waals surface area contributed by atoms with Crippen molar-refractivity contribution in [2.75, 3.05) is 5.32 Å². The van der Waals surface area contributed by atoms with Crippen LogP contribution in [-0.2, 0) is 0 Å². The van der Waals surface area contributed by atoms with Crippen LogP contribution in [0.5, 0.6) is 0 Å². The summed E-state index contributed by atoms with van der Waals surface area (Å²) in [6.07, 6.45) is 5.40. The molecule has 170 valence electrons. The van der Waals surface area contributed by atoms with Crippen LogP contribution < -0.4 is 5.32 Å². The highest BCUT2D eigenvalue weighted by atomic mass is 35.5. The van der Waals surface area contributed by atoms with E-state index in [1.54, 1.807) is 42.5 Å². The first-order chi connectivity index (χ1) is 17.1. The molecular weight excluding hydrogens is 460 g/mol. The quantitative estimate of drug-likeness (QED) is 0.222. The number of hydrogen-bond donors (Lipinski definition) is 2. The Balaban J connectivity index is 1.35. The first-order valence-corrected chi connectivity index (χ1v) is 11.2. The summed E-state index contributed by atoms with van der Waals surface area (Å²) in [4.78, 5) is 29.6. The molecule has 2 aromatic heterocycles. The Morgan fingerprint density at radius 2 is 1.66 bits per heavy atom. The van der Waals surface area contributed by atoms with Gasteiger partial charge in [0, 0.05) is 34.0 Å². The van der Waals surface area contributed by atoms with E-state index >= 15 is 0 Å². The van der Waals surface area contributed by atoms with Crippen molar-refractivity contribution in [3.05, 3.63) is 124 Å². The van der Waals surface area contributed by atoms with Crippen molar-refractivity contribution in [2.45, 2.75) is 0 Å². The second-order valence-electron chi connectivity index (χ2n) is 7.84. The number of carbonyl (C=O) groups excluding carboxylic acids is 2. The average Bonchev–Trinajstić information content (AvgIpc) is 3.30. The van der Waals surface area contributed by atoms with Gasteiger partial charge in [-0.25, -0.2) is 4.98 Å². The average molecular weight is 479 g/mol. The number of nitrogens with zero attached hydrogens (tertiary/aromatic N) is 2. The highest BCUT2D eigenvalue weighted by molar-refractivity contribution is 6.29. The van der Waals surface area contributed by atoms with Crippen molar-refractivity contribution in [3.63, 3.8) is 0 Å². The van der Waals surface area contributed by atoms with Gasteiger partial charge in [-0.05, 0) is 48.0 Å². The van der Waals surface area contributed by atoms with E-state index in [1.165, 1.54) is 12.3 Å². The highest BCUT2D eigenvalue weighted by Gasteiger charge is 2.14. The monoisotopic (exact) mass is 478 g/mol. The van der Waals surface area contributed by atoms with E-state index in [0.717, 1.165) is 22.2 Å². The molecule has 7 heteroatoms. The number of aromatic amines is 1. The Hall–Kier alpha value is -4.55. The smallest absolute Gasteiger partial charge is 0.255 e. The van der Waals surface area contributed by atoms with Crippen molar-refractivity contribution in [3.8, 4) is 0 Å². The van der Waals surface area contributed by atoms with Gasteiger partial charge < -0.3 is 5.32 Å². The molecule has 0 unspecified atom stereocenters. The fourth-order valence-corrected chi connectivity index (χ4v) is 3.87. The van der Waals surface area contributed by atoms with Crippen LogP contribution in [0.4, 0.5) is 5.69 Å². The zero-order chi connectivity index (χ0) is 24.2. The van der Waals surface area contributed by atoms with Crippen LogP contribution in [0.15, 0.2) is 91.1 Å².